The van der Waals surface area contributed by atoms with E-state index in [1.807, 2.05) is 54.6 Å². The summed E-state index contributed by atoms with van der Waals surface area (Å²) < 4.78 is 5.17. The molecule has 2 aromatic carbocycles. The Balaban J connectivity index is 2.14. The highest BCUT2D eigenvalue weighted by molar-refractivity contribution is 5.78. The molecule has 24 heavy (non-hydrogen) atoms. The van der Waals surface area contributed by atoms with Gasteiger partial charge < -0.3 is 21.1 Å². The van der Waals surface area contributed by atoms with Crippen LogP contribution in [-0.2, 0) is 4.79 Å². The SMILES string of the molecule is COc1ccc([C@@H](NC(=O)CCNC(N)=O)c2ccccc2)cc1. The minimum absolute atomic E-state index is 0.155. The lowest BCUT2D eigenvalue weighted by Crippen LogP contribution is -2.35. The number of hydrogen-bond acceptors (Lipinski definition) is 3. The fraction of sp³-hybridized carbons (Fsp3) is 0.222. The van der Waals surface area contributed by atoms with E-state index in [4.69, 9.17) is 10.5 Å². The first-order chi connectivity index (χ1) is 11.6. The molecule has 0 saturated heterocycles. The molecule has 2 aromatic rings. The van der Waals surface area contributed by atoms with Crippen LogP contribution in [0, 0.1) is 0 Å². The first-order valence-electron chi connectivity index (χ1n) is 7.61. The molecule has 0 saturated carbocycles. The van der Waals surface area contributed by atoms with Gasteiger partial charge in [0.1, 0.15) is 5.75 Å². The van der Waals surface area contributed by atoms with Gasteiger partial charge in [-0.15, -0.1) is 0 Å². The maximum absolute atomic E-state index is 12.2. The maximum Gasteiger partial charge on any atom is 0.312 e. The van der Waals surface area contributed by atoms with Gasteiger partial charge >= 0.3 is 6.03 Å². The molecule has 6 heteroatoms. The molecular formula is C18H21N3O3. The van der Waals surface area contributed by atoms with Crippen molar-refractivity contribution in [3.05, 3.63) is 65.7 Å². The number of ether oxygens (including phenoxy) is 1. The normalized spacial score (nSPS) is 11.4. The molecule has 126 valence electrons. The first-order valence-corrected chi connectivity index (χ1v) is 7.61. The number of nitrogens with two attached hydrogens (primary N) is 1. The molecule has 3 amide bonds. The number of urea groups is 1. The molecule has 2 rings (SSSR count). The van der Waals surface area contributed by atoms with E-state index >= 15 is 0 Å². The van der Waals surface area contributed by atoms with E-state index in [0.29, 0.717) is 0 Å². The summed E-state index contributed by atoms with van der Waals surface area (Å²) in [5.74, 6) is 0.580. The number of carbonyl (C=O) groups excluding carboxylic acids is 2. The van der Waals surface area contributed by atoms with Crippen LogP contribution in [0.5, 0.6) is 5.75 Å². The molecule has 0 spiro atoms. The van der Waals surface area contributed by atoms with Gasteiger partial charge in [-0.2, -0.15) is 0 Å². The number of methoxy groups -OCH3 is 1. The highest BCUT2D eigenvalue weighted by Crippen LogP contribution is 2.24. The smallest absolute Gasteiger partial charge is 0.312 e. The van der Waals surface area contributed by atoms with Crippen LogP contribution >= 0.6 is 0 Å². The van der Waals surface area contributed by atoms with E-state index in [2.05, 4.69) is 10.6 Å². The Kier molecular flexibility index (Phi) is 6.19. The molecule has 0 aliphatic carbocycles. The van der Waals surface area contributed by atoms with Crippen LogP contribution in [0.3, 0.4) is 0 Å². The quantitative estimate of drug-likeness (QED) is 0.725. The zero-order valence-corrected chi connectivity index (χ0v) is 13.5. The highest BCUT2D eigenvalue weighted by atomic mass is 16.5. The van der Waals surface area contributed by atoms with E-state index in [1.165, 1.54) is 0 Å². The number of carbonyl (C=O) groups is 2. The van der Waals surface area contributed by atoms with Crippen LogP contribution in [-0.4, -0.2) is 25.6 Å². The van der Waals surface area contributed by atoms with E-state index < -0.39 is 6.03 Å². The summed E-state index contributed by atoms with van der Waals surface area (Å²) in [6.07, 6.45) is 0.155. The van der Waals surface area contributed by atoms with Crippen molar-refractivity contribution in [2.75, 3.05) is 13.7 Å². The van der Waals surface area contributed by atoms with Crippen LogP contribution in [0.1, 0.15) is 23.6 Å². The van der Waals surface area contributed by atoms with Gasteiger partial charge in [0.05, 0.1) is 13.2 Å². The van der Waals surface area contributed by atoms with Crippen LogP contribution in [0.15, 0.2) is 54.6 Å². The largest absolute Gasteiger partial charge is 0.497 e. The van der Waals surface area contributed by atoms with E-state index in [1.54, 1.807) is 7.11 Å². The van der Waals surface area contributed by atoms with Gasteiger partial charge in [-0.1, -0.05) is 42.5 Å². The zero-order chi connectivity index (χ0) is 17.4. The van der Waals surface area contributed by atoms with Gasteiger partial charge in [-0.05, 0) is 23.3 Å². The summed E-state index contributed by atoms with van der Waals surface area (Å²) in [4.78, 5) is 22.9. The lowest BCUT2D eigenvalue weighted by atomic mass is 9.98. The lowest BCUT2D eigenvalue weighted by molar-refractivity contribution is -0.121. The van der Waals surface area contributed by atoms with Crippen molar-refractivity contribution in [3.63, 3.8) is 0 Å². The second kappa shape index (κ2) is 8.57. The molecule has 0 heterocycles. The molecule has 0 bridgehead atoms. The Morgan fingerprint density at radius 2 is 1.67 bits per heavy atom. The minimum Gasteiger partial charge on any atom is -0.497 e. The van der Waals surface area contributed by atoms with Crippen molar-refractivity contribution in [1.82, 2.24) is 10.6 Å². The van der Waals surface area contributed by atoms with Gasteiger partial charge in [0.2, 0.25) is 5.91 Å². The van der Waals surface area contributed by atoms with Gasteiger partial charge in [0, 0.05) is 13.0 Å². The van der Waals surface area contributed by atoms with Crippen molar-refractivity contribution in [2.24, 2.45) is 5.73 Å². The fourth-order valence-electron chi connectivity index (χ4n) is 2.33. The molecule has 0 radical (unpaired) electrons. The van der Waals surface area contributed by atoms with E-state index in [-0.39, 0.29) is 24.9 Å². The van der Waals surface area contributed by atoms with Crippen molar-refractivity contribution < 1.29 is 14.3 Å². The molecule has 6 nitrogen and oxygen atoms in total. The summed E-state index contributed by atoms with van der Waals surface area (Å²) in [5.41, 5.74) is 6.91. The molecule has 0 aliphatic heterocycles. The summed E-state index contributed by atoms with van der Waals surface area (Å²) in [6.45, 7) is 0.200. The lowest BCUT2D eigenvalue weighted by Gasteiger charge is -2.20. The summed E-state index contributed by atoms with van der Waals surface area (Å²) in [7, 11) is 1.61. The second-order valence-electron chi connectivity index (χ2n) is 5.23. The third kappa shape index (κ3) is 5.01. The Morgan fingerprint density at radius 3 is 2.25 bits per heavy atom. The van der Waals surface area contributed by atoms with Gasteiger partial charge in [-0.3, -0.25) is 4.79 Å². The Labute approximate surface area is 141 Å². The third-order valence-corrected chi connectivity index (χ3v) is 3.54. The number of primary amides is 1. The molecule has 0 fully saturated rings. The van der Waals surface area contributed by atoms with Crippen molar-refractivity contribution >= 4 is 11.9 Å². The van der Waals surface area contributed by atoms with Crippen LogP contribution in [0.4, 0.5) is 4.79 Å². The maximum atomic E-state index is 12.2. The molecule has 1 atom stereocenters. The van der Waals surface area contributed by atoms with E-state index in [9.17, 15) is 9.59 Å². The number of hydrogen-bond donors (Lipinski definition) is 3. The standard InChI is InChI=1S/C18H21N3O3/c1-24-15-9-7-14(8-10-15)17(13-5-3-2-4-6-13)21-16(22)11-12-20-18(19)23/h2-10,17H,11-12H2,1H3,(H,21,22)(H3,19,20,23)/t17-/m0/s1. The number of benzene rings is 2. The summed E-state index contributed by atoms with van der Waals surface area (Å²) in [6, 6.07) is 16.3. The predicted octanol–water partition coefficient (Wildman–Crippen LogP) is 1.96. The third-order valence-electron chi connectivity index (χ3n) is 3.54. The second-order valence-corrected chi connectivity index (χ2v) is 5.23. The summed E-state index contributed by atoms with van der Waals surface area (Å²) in [5, 5.41) is 5.39. The fourth-order valence-corrected chi connectivity index (χ4v) is 2.33. The molecule has 4 N–H and O–H groups in total. The van der Waals surface area contributed by atoms with Gasteiger partial charge in [0.25, 0.3) is 0 Å². The minimum atomic E-state index is -0.641. The van der Waals surface area contributed by atoms with Crippen LogP contribution < -0.4 is 21.1 Å². The van der Waals surface area contributed by atoms with Gasteiger partial charge in [0.15, 0.2) is 0 Å². The zero-order valence-electron chi connectivity index (χ0n) is 13.5. The molecule has 0 aromatic heterocycles. The average Bonchev–Trinajstić information content (AvgIpc) is 2.60. The van der Waals surface area contributed by atoms with Crippen LogP contribution in [0.2, 0.25) is 0 Å². The average molecular weight is 327 g/mol. The Hall–Kier alpha value is -3.02. The Bertz CT molecular complexity index is 672. The molecule has 0 aliphatic rings. The summed E-state index contributed by atoms with van der Waals surface area (Å²) >= 11 is 0. The molecular weight excluding hydrogens is 306 g/mol. The highest BCUT2D eigenvalue weighted by Gasteiger charge is 2.16. The van der Waals surface area contributed by atoms with Crippen LogP contribution in [0.25, 0.3) is 0 Å². The van der Waals surface area contributed by atoms with Gasteiger partial charge in [-0.25, -0.2) is 4.79 Å². The number of nitrogens with one attached hydrogen (secondary N) is 2. The van der Waals surface area contributed by atoms with Crippen molar-refractivity contribution in [2.45, 2.75) is 12.5 Å². The predicted molar refractivity (Wildman–Crippen MR) is 91.6 cm³/mol. The number of rotatable bonds is 7. The number of amides is 3. The molecule has 0 unspecified atom stereocenters. The van der Waals surface area contributed by atoms with Crippen molar-refractivity contribution in [1.29, 1.82) is 0 Å². The topological polar surface area (TPSA) is 93.4 Å². The first kappa shape index (κ1) is 17.3. The Morgan fingerprint density at radius 1 is 1.04 bits per heavy atom. The van der Waals surface area contributed by atoms with Crippen molar-refractivity contribution in [3.8, 4) is 5.75 Å². The van der Waals surface area contributed by atoms with E-state index in [0.717, 1.165) is 16.9 Å². The monoisotopic (exact) mass is 327 g/mol.